The van der Waals surface area contributed by atoms with Crippen molar-refractivity contribution in [1.29, 1.82) is 0 Å². The van der Waals surface area contributed by atoms with Gasteiger partial charge in [0.05, 0.1) is 39.1 Å². The zero-order valence-electron chi connectivity index (χ0n) is 22.3. The number of benzene rings is 4. The van der Waals surface area contributed by atoms with Gasteiger partial charge < -0.3 is 24.1 Å². The van der Waals surface area contributed by atoms with Gasteiger partial charge in [-0.05, 0) is 40.8 Å². The first-order chi connectivity index (χ1) is 19.2. The predicted octanol–water partition coefficient (Wildman–Crippen LogP) is 6.30. The summed E-state index contributed by atoms with van der Waals surface area (Å²) in [6.07, 6.45) is -1.61. The summed E-state index contributed by atoms with van der Waals surface area (Å²) in [6.45, 7) is 1.21. The quantitative estimate of drug-likeness (QED) is 0.250. The highest BCUT2D eigenvalue weighted by molar-refractivity contribution is 5.31. The van der Waals surface area contributed by atoms with E-state index in [9.17, 15) is 5.11 Å². The van der Waals surface area contributed by atoms with E-state index in [1.807, 2.05) is 91.0 Å². The molecule has 1 fully saturated rings. The van der Waals surface area contributed by atoms with Crippen LogP contribution in [-0.4, -0.2) is 36.6 Å². The summed E-state index contributed by atoms with van der Waals surface area (Å²) in [5, 5.41) is 11.5. The van der Waals surface area contributed by atoms with E-state index in [1.165, 1.54) is 0 Å². The Morgan fingerprint density at radius 1 is 0.564 bits per heavy atom. The van der Waals surface area contributed by atoms with Crippen LogP contribution >= 0.6 is 0 Å². The summed E-state index contributed by atoms with van der Waals surface area (Å²) in [6, 6.07) is 38.2. The van der Waals surface area contributed by atoms with Crippen LogP contribution in [0.4, 0.5) is 0 Å². The Bertz CT molecular complexity index is 1250. The molecule has 0 spiro atoms. The number of aliphatic hydroxyl groups is 1. The Morgan fingerprint density at radius 3 is 1.46 bits per heavy atom. The minimum absolute atomic E-state index is 0.0908. The first-order valence-corrected chi connectivity index (χ1v) is 13.5. The fourth-order valence-corrected chi connectivity index (χ4v) is 5.25. The van der Waals surface area contributed by atoms with Crippen LogP contribution in [0, 0.1) is 0 Å². The number of aliphatic hydroxyl groups excluding tert-OH is 1. The molecule has 1 N–H and O–H groups in total. The average molecular weight is 525 g/mol. The molecule has 0 aliphatic heterocycles. The lowest BCUT2D eigenvalue weighted by Crippen LogP contribution is -2.55. The van der Waals surface area contributed by atoms with Crippen molar-refractivity contribution in [2.45, 2.75) is 56.6 Å². The minimum atomic E-state index is -0.724. The third-order valence-corrected chi connectivity index (χ3v) is 7.32. The van der Waals surface area contributed by atoms with Crippen molar-refractivity contribution in [1.82, 2.24) is 0 Å². The Kier molecular flexibility index (Phi) is 9.41. The zero-order valence-corrected chi connectivity index (χ0v) is 22.3. The van der Waals surface area contributed by atoms with Crippen LogP contribution in [0.15, 0.2) is 115 Å². The van der Waals surface area contributed by atoms with Crippen LogP contribution in [0.2, 0.25) is 0 Å². The maximum atomic E-state index is 11.5. The SMILES string of the molecule is COc1ccc([C@@H]2C[C@H](O)[C@@H](OCc3ccccc3)[C@H](OCc3ccccc3)[C@H]2OCc2ccccc2)cc1. The van der Waals surface area contributed by atoms with Gasteiger partial charge in [-0.25, -0.2) is 0 Å². The fraction of sp³-hybridized carbons (Fsp3) is 0.294. The lowest BCUT2D eigenvalue weighted by Gasteiger charge is -2.45. The predicted molar refractivity (Wildman–Crippen MR) is 151 cm³/mol. The standard InChI is InChI=1S/C34H36O5/c1-36-29-19-17-28(18-20-29)30-21-31(35)33(38-23-26-13-7-3-8-14-26)34(39-24-27-15-9-4-10-16-27)32(30)37-22-25-11-5-2-6-12-25/h2-20,30-35H,21-24H2,1H3/t30-,31-,32-,33+,34+/m0/s1. The summed E-state index contributed by atoms with van der Waals surface area (Å²) in [7, 11) is 1.66. The second-order valence-electron chi connectivity index (χ2n) is 9.97. The van der Waals surface area contributed by atoms with E-state index < -0.39 is 18.3 Å². The van der Waals surface area contributed by atoms with E-state index in [0.29, 0.717) is 26.2 Å². The third kappa shape index (κ3) is 7.14. The molecule has 1 aliphatic carbocycles. The molecule has 1 saturated carbocycles. The van der Waals surface area contributed by atoms with E-state index in [4.69, 9.17) is 18.9 Å². The van der Waals surface area contributed by atoms with Crippen LogP contribution in [0.1, 0.15) is 34.6 Å². The molecule has 0 bridgehead atoms. The van der Waals surface area contributed by atoms with Gasteiger partial charge >= 0.3 is 0 Å². The molecule has 5 heteroatoms. The molecule has 0 saturated heterocycles. The number of methoxy groups -OCH3 is 1. The zero-order chi connectivity index (χ0) is 26.9. The molecule has 0 amide bonds. The summed E-state index contributed by atoms with van der Waals surface area (Å²) in [5.74, 6) is 0.699. The van der Waals surface area contributed by atoms with Gasteiger partial charge in [-0.3, -0.25) is 0 Å². The molecule has 1 aliphatic rings. The summed E-state index contributed by atoms with van der Waals surface area (Å²) >= 11 is 0. The van der Waals surface area contributed by atoms with Crippen molar-refractivity contribution in [3.8, 4) is 5.75 Å². The maximum Gasteiger partial charge on any atom is 0.118 e. The van der Waals surface area contributed by atoms with Crippen molar-refractivity contribution >= 4 is 0 Å². The van der Waals surface area contributed by atoms with Gasteiger partial charge in [0.15, 0.2) is 0 Å². The van der Waals surface area contributed by atoms with Crippen molar-refractivity contribution < 1.29 is 24.1 Å². The van der Waals surface area contributed by atoms with E-state index in [0.717, 1.165) is 28.0 Å². The van der Waals surface area contributed by atoms with E-state index in [1.54, 1.807) is 7.11 Å². The first kappa shape index (κ1) is 27.1. The summed E-state index contributed by atoms with van der Waals surface area (Å²) in [5.41, 5.74) is 4.26. The van der Waals surface area contributed by atoms with Crippen LogP contribution in [-0.2, 0) is 34.0 Å². The van der Waals surface area contributed by atoms with Gasteiger partial charge in [0.25, 0.3) is 0 Å². The molecular formula is C34H36O5. The second-order valence-corrected chi connectivity index (χ2v) is 9.97. The van der Waals surface area contributed by atoms with Crippen molar-refractivity contribution in [2.24, 2.45) is 0 Å². The molecule has 202 valence electrons. The number of rotatable bonds is 11. The van der Waals surface area contributed by atoms with Gasteiger partial charge in [-0.15, -0.1) is 0 Å². The van der Waals surface area contributed by atoms with Crippen molar-refractivity contribution in [3.05, 3.63) is 138 Å². The number of hydrogen-bond acceptors (Lipinski definition) is 5. The maximum absolute atomic E-state index is 11.5. The molecule has 5 rings (SSSR count). The molecule has 0 aromatic heterocycles. The van der Waals surface area contributed by atoms with Crippen LogP contribution in [0.3, 0.4) is 0 Å². The smallest absolute Gasteiger partial charge is 0.118 e. The molecule has 5 atom stereocenters. The highest BCUT2D eigenvalue weighted by Crippen LogP contribution is 2.40. The normalized spacial score (nSPS) is 22.9. The van der Waals surface area contributed by atoms with Gasteiger partial charge in [-0.2, -0.15) is 0 Å². The van der Waals surface area contributed by atoms with Gasteiger partial charge in [0.2, 0.25) is 0 Å². The molecule has 5 nitrogen and oxygen atoms in total. The fourth-order valence-electron chi connectivity index (χ4n) is 5.25. The van der Waals surface area contributed by atoms with Gasteiger partial charge in [0, 0.05) is 5.92 Å². The number of ether oxygens (including phenoxy) is 4. The third-order valence-electron chi connectivity index (χ3n) is 7.32. The second kappa shape index (κ2) is 13.5. The van der Waals surface area contributed by atoms with E-state index >= 15 is 0 Å². The summed E-state index contributed by atoms with van der Waals surface area (Å²) < 4.78 is 25.1. The molecule has 0 unspecified atom stereocenters. The Hall–Kier alpha value is -3.48. The Morgan fingerprint density at radius 2 is 1.00 bits per heavy atom. The number of hydrogen-bond donors (Lipinski definition) is 1. The topological polar surface area (TPSA) is 57.2 Å². The van der Waals surface area contributed by atoms with E-state index in [2.05, 4.69) is 24.3 Å². The molecular weight excluding hydrogens is 488 g/mol. The first-order valence-electron chi connectivity index (χ1n) is 13.5. The van der Waals surface area contributed by atoms with Crippen LogP contribution < -0.4 is 4.74 Å². The molecule has 0 radical (unpaired) electrons. The van der Waals surface area contributed by atoms with Gasteiger partial charge in [-0.1, -0.05) is 103 Å². The van der Waals surface area contributed by atoms with Crippen LogP contribution in [0.5, 0.6) is 5.75 Å². The van der Waals surface area contributed by atoms with Crippen LogP contribution in [0.25, 0.3) is 0 Å². The Labute approximate surface area is 230 Å². The lowest BCUT2D eigenvalue weighted by molar-refractivity contribution is -0.208. The van der Waals surface area contributed by atoms with Gasteiger partial charge in [0.1, 0.15) is 18.0 Å². The molecule has 4 aromatic carbocycles. The lowest BCUT2D eigenvalue weighted by atomic mass is 9.76. The minimum Gasteiger partial charge on any atom is -0.497 e. The molecule has 0 heterocycles. The van der Waals surface area contributed by atoms with Crippen molar-refractivity contribution in [3.63, 3.8) is 0 Å². The molecule has 39 heavy (non-hydrogen) atoms. The average Bonchev–Trinajstić information content (AvgIpc) is 3.00. The monoisotopic (exact) mass is 524 g/mol. The Balaban J connectivity index is 1.45. The van der Waals surface area contributed by atoms with E-state index in [-0.39, 0.29) is 12.0 Å². The molecule has 4 aromatic rings. The van der Waals surface area contributed by atoms with Crippen molar-refractivity contribution in [2.75, 3.05) is 7.11 Å². The largest absolute Gasteiger partial charge is 0.497 e. The summed E-state index contributed by atoms with van der Waals surface area (Å²) in [4.78, 5) is 0. The highest BCUT2D eigenvalue weighted by Gasteiger charge is 2.47. The highest BCUT2D eigenvalue weighted by atomic mass is 16.6.